The van der Waals surface area contributed by atoms with Gasteiger partial charge in [-0.25, -0.2) is 4.79 Å². The standard InChI is InChI=1S/C21H24N2O5/c1-12(2)19(13-6-8-17(26-4)18(10-13)27-5)20(24)22-14-7-9-16-15(11-14)23(3)21(25)28-16/h6-12,19H,1-5H3,(H,22,24). The van der Waals surface area contributed by atoms with Gasteiger partial charge in [0, 0.05) is 12.7 Å². The molecule has 1 atom stereocenters. The number of carbonyl (C=O) groups excluding carboxylic acids is 1. The molecule has 0 fully saturated rings. The molecule has 0 aliphatic heterocycles. The van der Waals surface area contributed by atoms with Crippen LogP contribution < -0.4 is 20.5 Å². The molecule has 1 N–H and O–H groups in total. The van der Waals surface area contributed by atoms with Gasteiger partial charge in [0.15, 0.2) is 17.1 Å². The van der Waals surface area contributed by atoms with Gasteiger partial charge in [0.05, 0.1) is 25.7 Å². The number of carbonyl (C=O) groups is 1. The van der Waals surface area contributed by atoms with E-state index in [4.69, 9.17) is 13.9 Å². The topological polar surface area (TPSA) is 82.7 Å². The van der Waals surface area contributed by atoms with E-state index >= 15 is 0 Å². The van der Waals surface area contributed by atoms with Crippen molar-refractivity contribution in [3.8, 4) is 11.5 Å². The minimum atomic E-state index is -0.441. The summed E-state index contributed by atoms with van der Waals surface area (Å²) in [5.74, 6) is 0.275. The molecule has 3 rings (SSSR count). The summed E-state index contributed by atoms with van der Waals surface area (Å²) >= 11 is 0. The number of methoxy groups -OCH3 is 2. The first-order valence-electron chi connectivity index (χ1n) is 8.98. The number of anilines is 1. The van der Waals surface area contributed by atoms with Crippen molar-refractivity contribution in [3.63, 3.8) is 0 Å². The first kappa shape index (κ1) is 19.5. The summed E-state index contributed by atoms with van der Waals surface area (Å²) in [6.07, 6.45) is 0. The van der Waals surface area contributed by atoms with E-state index in [1.165, 1.54) is 4.57 Å². The van der Waals surface area contributed by atoms with Crippen molar-refractivity contribution >= 4 is 22.7 Å². The molecule has 1 aromatic heterocycles. The first-order chi connectivity index (χ1) is 13.3. The average molecular weight is 384 g/mol. The van der Waals surface area contributed by atoms with E-state index in [1.54, 1.807) is 45.5 Å². The van der Waals surface area contributed by atoms with E-state index in [9.17, 15) is 9.59 Å². The molecule has 0 bridgehead atoms. The van der Waals surface area contributed by atoms with E-state index in [-0.39, 0.29) is 17.7 Å². The zero-order valence-corrected chi connectivity index (χ0v) is 16.6. The summed E-state index contributed by atoms with van der Waals surface area (Å²) in [6, 6.07) is 10.6. The van der Waals surface area contributed by atoms with E-state index in [0.29, 0.717) is 28.3 Å². The molecule has 7 nitrogen and oxygen atoms in total. The number of aryl methyl sites for hydroxylation is 1. The number of nitrogens with zero attached hydrogens (tertiary/aromatic N) is 1. The average Bonchev–Trinajstić information content (AvgIpc) is 2.95. The number of ether oxygens (including phenoxy) is 2. The minimum Gasteiger partial charge on any atom is -0.493 e. The van der Waals surface area contributed by atoms with Crippen molar-refractivity contribution in [2.45, 2.75) is 19.8 Å². The van der Waals surface area contributed by atoms with Crippen molar-refractivity contribution < 1.29 is 18.7 Å². The fourth-order valence-electron chi connectivity index (χ4n) is 3.31. The van der Waals surface area contributed by atoms with Crippen molar-refractivity contribution in [1.82, 2.24) is 4.57 Å². The summed E-state index contributed by atoms with van der Waals surface area (Å²) in [4.78, 5) is 24.7. The van der Waals surface area contributed by atoms with Crippen LogP contribution in [-0.2, 0) is 11.8 Å². The molecule has 1 unspecified atom stereocenters. The Bertz CT molecular complexity index is 1060. The van der Waals surface area contributed by atoms with E-state index in [2.05, 4.69) is 5.32 Å². The van der Waals surface area contributed by atoms with Gasteiger partial charge < -0.3 is 19.2 Å². The normalized spacial score (nSPS) is 12.2. The lowest BCUT2D eigenvalue weighted by molar-refractivity contribution is -0.118. The van der Waals surface area contributed by atoms with Gasteiger partial charge in [-0.05, 0) is 41.8 Å². The molecule has 7 heteroatoms. The third-order valence-corrected chi connectivity index (χ3v) is 4.77. The predicted molar refractivity (Wildman–Crippen MR) is 107 cm³/mol. The Morgan fingerprint density at radius 2 is 1.79 bits per heavy atom. The van der Waals surface area contributed by atoms with Crippen LogP contribution in [0.2, 0.25) is 0 Å². The molecule has 0 radical (unpaired) electrons. The van der Waals surface area contributed by atoms with Gasteiger partial charge in [0.2, 0.25) is 5.91 Å². The Morgan fingerprint density at radius 1 is 1.07 bits per heavy atom. The largest absolute Gasteiger partial charge is 0.493 e. The molecule has 1 amide bonds. The zero-order chi connectivity index (χ0) is 20.4. The van der Waals surface area contributed by atoms with Crippen LogP contribution in [0, 0.1) is 5.92 Å². The lowest BCUT2D eigenvalue weighted by Gasteiger charge is -2.22. The van der Waals surface area contributed by atoms with Gasteiger partial charge in [-0.1, -0.05) is 19.9 Å². The van der Waals surface area contributed by atoms with Crippen LogP contribution in [-0.4, -0.2) is 24.7 Å². The molecule has 28 heavy (non-hydrogen) atoms. The van der Waals surface area contributed by atoms with Gasteiger partial charge in [0.1, 0.15) is 0 Å². The number of rotatable bonds is 6. The molecular weight excluding hydrogens is 360 g/mol. The predicted octanol–water partition coefficient (Wildman–Crippen LogP) is 3.53. The van der Waals surface area contributed by atoms with Crippen LogP contribution in [0.4, 0.5) is 5.69 Å². The van der Waals surface area contributed by atoms with Crippen LogP contribution in [0.5, 0.6) is 11.5 Å². The number of hydrogen-bond donors (Lipinski definition) is 1. The van der Waals surface area contributed by atoms with E-state index < -0.39 is 5.76 Å². The lowest BCUT2D eigenvalue weighted by atomic mass is 9.87. The Kier molecular flexibility index (Phi) is 5.44. The molecule has 0 spiro atoms. The number of nitrogens with one attached hydrogen (secondary N) is 1. The quantitative estimate of drug-likeness (QED) is 0.703. The van der Waals surface area contributed by atoms with Crippen LogP contribution in [0.3, 0.4) is 0 Å². The molecule has 148 valence electrons. The Balaban J connectivity index is 1.92. The third kappa shape index (κ3) is 3.60. The van der Waals surface area contributed by atoms with Crippen molar-refractivity contribution in [2.24, 2.45) is 13.0 Å². The molecule has 2 aromatic carbocycles. The fourth-order valence-corrected chi connectivity index (χ4v) is 3.31. The van der Waals surface area contributed by atoms with Crippen LogP contribution in [0.25, 0.3) is 11.1 Å². The highest BCUT2D eigenvalue weighted by Gasteiger charge is 2.25. The Hall–Kier alpha value is -3.22. The van der Waals surface area contributed by atoms with Gasteiger partial charge in [-0.3, -0.25) is 9.36 Å². The zero-order valence-electron chi connectivity index (χ0n) is 16.6. The number of amides is 1. The number of oxazole rings is 1. The van der Waals surface area contributed by atoms with E-state index in [1.807, 2.05) is 26.0 Å². The summed E-state index contributed by atoms with van der Waals surface area (Å²) in [5, 5.41) is 2.95. The van der Waals surface area contributed by atoms with Crippen molar-refractivity contribution in [1.29, 1.82) is 0 Å². The summed E-state index contributed by atoms with van der Waals surface area (Å²) in [7, 11) is 4.76. The first-order valence-corrected chi connectivity index (χ1v) is 8.98. The number of benzene rings is 2. The Labute approximate surface area is 162 Å². The maximum Gasteiger partial charge on any atom is 0.419 e. The number of hydrogen-bond acceptors (Lipinski definition) is 5. The van der Waals surface area contributed by atoms with Gasteiger partial charge in [-0.15, -0.1) is 0 Å². The second kappa shape index (κ2) is 7.80. The highest BCUT2D eigenvalue weighted by atomic mass is 16.5. The maximum absolute atomic E-state index is 13.1. The summed E-state index contributed by atoms with van der Waals surface area (Å²) in [5.41, 5.74) is 2.53. The number of aromatic nitrogens is 1. The van der Waals surface area contributed by atoms with Gasteiger partial charge in [0.25, 0.3) is 0 Å². The number of fused-ring (bicyclic) bond motifs is 1. The van der Waals surface area contributed by atoms with Crippen molar-refractivity contribution in [3.05, 3.63) is 52.5 Å². The van der Waals surface area contributed by atoms with Crippen LogP contribution in [0.1, 0.15) is 25.3 Å². The highest BCUT2D eigenvalue weighted by Crippen LogP contribution is 2.34. The molecule has 0 saturated heterocycles. The third-order valence-electron chi connectivity index (χ3n) is 4.77. The molecule has 0 aliphatic carbocycles. The van der Waals surface area contributed by atoms with Gasteiger partial charge in [-0.2, -0.15) is 0 Å². The van der Waals surface area contributed by atoms with E-state index in [0.717, 1.165) is 5.56 Å². The fraction of sp³-hybridized carbons (Fsp3) is 0.333. The SMILES string of the molecule is COc1ccc(C(C(=O)Nc2ccc3oc(=O)n(C)c3c2)C(C)C)cc1OC. The second-order valence-electron chi connectivity index (χ2n) is 6.93. The molecule has 0 aliphatic rings. The molecule has 0 saturated carbocycles. The minimum absolute atomic E-state index is 0.0557. The summed E-state index contributed by atoms with van der Waals surface area (Å²) < 4.78 is 17.2. The summed E-state index contributed by atoms with van der Waals surface area (Å²) in [6.45, 7) is 3.98. The smallest absolute Gasteiger partial charge is 0.419 e. The second-order valence-corrected chi connectivity index (χ2v) is 6.93. The maximum atomic E-state index is 13.1. The molecule has 3 aromatic rings. The van der Waals surface area contributed by atoms with Crippen LogP contribution >= 0.6 is 0 Å². The monoisotopic (exact) mass is 384 g/mol. The highest BCUT2D eigenvalue weighted by molar-refractivity contribution is 5.97. The van der Waals surface area contributed by atoms with Crippen LogP contribution in [0.15, 0.2) is 45.6 Å². The van der Waals surface area contributed by atoms with Crippen molar-refractivity contribution in [2.75, 3.05) is 19.5 Å². The van der Waals surface area contributed by atoms with Gasteiger partial charge >= 0.3 is 5.76 Å². The lowest BCUT2D eigenvalue weighted by Crippen LogP contribution is -2.25. The molecular formula is C21H24N2O5. The molecule has 1 heterocycles. The Morgan fingerprint density at radius 3 is 2.43 bits per heavy atom.